The number of carbonyl (C=O) groups excluding carboxylic acids is 1. The molecule has 3 aromatic rings. The number of rotatable bonds is 4. The molecule has 0 unspecified atom stereocenters. The Labute approximate surface area is 137 Å². The summed E-state index contributed by atoms with van der Waals surface area (Å²) in [5, 5.41) is 12.8. The van der Waals surface area contributed by atoms with Crippen LogP contribution < -0.4 is 5.43 Å². The van der Waals surface area contributed by atoms with E-state index in [4.69, 9.17) is 5.11 Å². The summed E-state index contributed by atoms with van der Waals surface area (Å²) in [5.41, 5.74) is 5.05. The van der Waals surface area contributed by atoms with E-state index >= 15 is 0 Å². The summed E-state index contributed by atoms with van der Waals surface area (Å²) in [4.78, 5) is 27.4. The highest BCUT2D eigenvalue weighted by Gasteiger charge is 2.15. The van der Waals surface area contributed by atoms with Gasteiger partial charge in [-0.1, -0.05) is 18.2 Å². The number of aromatic carboxylic acids is 1. The van der Waals surface area contributed by atoms with Gasteiger partial charge in [0.05, 0.1) is 17.5 Å². The molecule has 1 amide bonds. The number of hydrogen-bond acceptors (Lipinski definition) is 4. The molecule has 0 bridgehead atoms. The first-order valence-corrected chi connectivity index (χ1v) is 7.17. The number of aromatic nitrogens is 2. The smallest absolute Gasteiger partial charge is 0.335 e. The highest BCUT2D eigenvalue weighted by molar-refractivity contribution is 5.95. The minimum Gasteiger partial charge on any atom is -0.478 e. The fraction of sp³-hybridized carbons (Fsp3) is 0.0588. The van der Waals surface area contributed by atoms with E-state index in [1.54, 1.807) is 29.7 Å². The van der Waals surface area contributed by atoms with Gasteiger partial charge in [0.25, 0.3) is 5.91 Å². The first-order chi connectivity index (χ1) is 11.6. The standard InChI is InChI=1S/C17H14N4O3/c1-11-15(21-9-3-2-4-14(21)19-11)16(22)20-18-10-12-5-7-13(8-6-12)17(23)24/h2-10H,1H3,(H,20,22)(H,23,24). The Morgan fingerprint density at radius 3 is 2.67 bits per heavy atom. The maximum absolute atomic E-state index is 12.3. The lowest BCUT2D eigenvalue weighted by Crippen LogP contribution is -2.20. The SMILES string of the molecule is Cc1nc2ccccn2c1C(=O)NN=Cc1ccc(C(=O)O)cc1. The van der Waals surface area contributed by atoms with E-state index in [1.165, 1.54) is 18.3 Å². The zero-order valence-corrected chi connectivity index (χ0v) is 12.8. The van der Waals surface area contributed by atoms with Gasteiger partial charge in [-0.25, -0.2) is 15.2 Å². The quantitative estimate of drug-likeness (QED) is 0.568. The van der Waals surface area contributed by atoms with Crippen LogP contribution in [0, 0.1) is 6.92 Å². The van der Waals surface area contributed by atoms with Crippen molar-refractivity contribution in [3.63, 3.8) is 0 Å². The largest absolute Gasteiger partial charge is 0.478 e. The molecular formula is C17H14N4O3. The van der Waals surface area contributed by atoms with Gasteiger partial charge in [-0.3, -0.25) is 9.20 Å². The predicted octanol–water partition coefficient (Wildman–Crippen LogP) is 2.10. The second kappa shape index (κ2) is 6.33. The Kier molecular flexibility index (Phi) is 4.07. The molecule has 0 fully saturated rings. The van der Waals surface area contributed by atoms with Gasteiger partial charge in [0.15, 0.2) is 0 Å². The molecule has 0 aliphatic rings. The van der Waals surface area contributed by atoms with Crippen molar-refractivity contribution in [3.05, 3.63) is 71.2 Å². The van der Waals surface area contributed by atoms with Gasteiger partial charge in [0, 0.05) is 6.20 Å². The van der Waals surface area contributed by atoms with E-state index < -0.39 is 5.97 Å². The average molecular weight is 322 g/mol. The number of carboxylic acid groups (broad SMARTS) is 1. The van der Waals surface area contributed by atoms with Gasteiger partial charge in [0.1, 0.15) is 11.3 Å². The van der Waals surface area contributed by atoms with Crippen LogP contribution in [0.3, 0.4) is 0 Å². The van der Waals surface area contributed by atoms with Crippen LogP contribution in [-0.2, 0) is 0 Å². The van der Waals surface area contributed by atoms with Crippen LogP contribution in [0.15, 0.2) is 53.8 Å². The molecule has 0 aliphatic heterocycles. The molecule has 1 aromatic carbocycles. The van der Waals surface area contributed by atoms with Crippen molar-refractivity contribution in [3.8, 4) is 0 Å². The third kappa shape index (κ3) is 3.00. The van der Waals surface area contributed by atoms with E-state index in [-0.39, 0.29) is 11.5 Å². The lowest BCUT2D eigenvalue weighted by molar-refractivity contribution is 0.0696. The van der Waals surface area contributed by atoms with Gasteiger partial charge >= 0.3 is 5.97 Å². The van der Waals surface area contributed by atoms with Crippen LogP contribution in [0.1, 0.15) is 32.1 Å². The minimum absolute atomic E-state index is 0.192. The molecule has 120 valence electrons. The van der Waals surface area contributed by atoms with Gasteiger partial charge in [-0.15, -0.1) is 0 Å². The van der Waals surface area contributed by atoms with Crippen molar-refractivity contribution in [2.45, 2.75) is 6.92 Å². The molecule has 0 aliphatic carbocycles. The first-order valence-electron chi connectivity index (χ1n) is 7.17. The number of fused-ring (bicyclic) bond motifs is 1. The fourth-order valence-corrected chi connectivity index (χ4v) is 2.32. The van der Waals surface area contributed by atoms with E-state index in [9.17, 15) is 9.59 Å². The number of carbonyl (C=O) groups is 2. The van der Waals surface area contributed by atoms with Crippen LogP contribution in [-0.4, -0.2) is 32.6 Å². The van der Waals surface area contributed by atoms with Crippen molar-refractivity contribution in [2.75, 3.05) is 0 Å². The number of pyridine rings is 1. The zero-order valence-electron chi connectivity index (χ0n) is 12.8. The van der Waals surface area contributed by atoms with Gasteiger partial charge in [-0.05, 0) is 36.8 Å². The fourth-order valence-electron chi connectivity index (χ4n) is 2.32. The van der Waals surface area contributed by atoms with Crippen molar-refractivity contribution >= 4 is 23.7 Å². The second-order valence-electron chi connectivity index (χ2n) is 5.10. The summed E-state index contributed by atoms with van der Waals surface area (Å²) in [6.07, 6.45) is 3.21. The number of hydrazone groups is 1. The molecule has 0 saturated carbocycles. The number of nitrogens with zero attached hydrogens (tertiary/aromatic N) is 3. The summed E-state index contributed by atoms with van der Waals surface area (Å²) >= 11 is 0. The molecule has 7 nitrogen and oxygen atoms in total. The topological polar surface area (TPSA) is 96.1 Å². The molecular weight excluding hydrogens is 308 g/mol. The van der Waals surface area contributed by atoms with Crippen molar-refractivity contribution in [1.29, 1.82) is 0 Å². The van der Waals surface area contributed by atoms with Crippen LogP contribution in [0.5, 0.6) is 0 Å². The van der Waals surface area contributed by atoms with Gasteiger partial charge in [-0.2, -0.15) is 5.10 Å². The molecule has 0 saturated heterocycles. The van der Waals surface area contributed by atoms with Crippen LogP contribution in [0.25, 0.3) is 5.65 Å². The molecule has 2 aromatic heterocycles. The summed E-state index contributed by atoms with van der Waals surface area (Å²) in [5.74, 6) is -1.36. The summed E-state index contributed by atoms with van der Waals surface area (Å²) < 4.78 is 1.70. The van der Waals surface area contributed by atoms with E-state index in [2.05, 4.69) is 15.5 Å². The third-order valence-electron chi connectivity index (χ3n) is 3.46. The molecule has 0 spiro atoms. The number of imidazole rings is 1. The Hall–Kier alpha value is -3.48. The maximum Gasteiger partial charge on any atom is 0.335 e. The van der Waals surface area contributed by atoms with E-state index in [1.807, 2.05) is 18.2 Å². The van der Waals surface area contributed by atoms with Crippen molar-refractivity contribution < 1.29 is 14.7 Å². The van der Waals surface area contributed by atoms with Crippen molar-refractivity contribution in [1.82, 2.24) is 14.8 Å². The molecule has 0 radical (unpaired) electrons. The first kappa shape index (κ1) is 15.4. The third-order valence-corrected chi connectivity index (χ3v) is 3.46. The average Bonchev–Trinajstić information content (AvgIpc) is 2.91. The van der Waals surface area contributed by atoms with E-state index in [0.29, 0.717) is 22.6 Å². The normalized spacial score (nSPS) is 11.0. The van der Waals surface area contributed by atoms with Crippen LogP contribution in [0.2, 0.25) is 0 Å². The summed E-state index contributed by atoms with van der Waals surface area (Å²) in [6, 6.07) is 11.6. The number of nitrogens with one attached hydrogen (secondary N) is 1. The number of amides is 1. The molecule has 24 heavy (non-hydrogen) atoms. The highest BCUT2D eigenvalue weighted by atomic mass is 16.4. The highest BCUT2D eigenvalue weighted by Crippen LogP contribution is 2.11. The molecule has 3 rings (SSSR count). The number of carboxylic acids is 1. The Bertz CT molecular complexity index is 942. The number of benzene rings is 1. The number of hydrogen-bond donors (Lipinski definition) is 2. The summed E-state index contributed by atoms with van der Waals surface area (Å²) in [6.45, 7) is 1.76. The molecule has 7 heteroatoms. The Balaban J connectivity index is 1.75. The second-order valence-corrected chi connectivity index (χ2v) is 5.10. The van der Waals surface area contributed by atoms with Crippen molar-refractivity contribution in [2.24, 2.45) is 5.10 Å². The van der Waals surface area contributed by atoms with E-state index in [0.717, 1.165) is 0 Å². The lowest BCUT2D eigenvalue weighted by atomic mass is 10.1. The molecule has 0 atom stereocenters. The zero-order chi connectivity index (χ0) is 17.1. The lowest BCUT2D eigenvalue weighted by Gasteiger charge is -2.01. The van der Waals surface area contributed by atoms with Crippen LogP contribution in [0.4, 0.5) is 0 Å². The Morgan fingerprint density at radius 1 is 1.21 bits per heavy atom. The molecule has 2 heterocycles. The van der Waals surface area contributed by atoms with Crippen LogP contribution >= 0.6 is 0 Å². The van der Waals surface area contributed by atoms with Gasteiger partial charge < -0.3 is 5.11 Å². The summed E-state index contributed by atoms with van der Waals surface area (Å²) in [7, 11) is 0. The monoisotopic (exact) mass is 322 g/mol. The Morgan fingerprint density at radius 2 is 1.96 bits per heavy atom. The predicted molar refractivity (Wildman–Crippen MR) is 88.4 cm³/mol. The van der Waals surface area contributed by atoms with Gasteiger partial charge in [0.2, 0.25) is 0 Å². The molecule has 2 N–H and O–H groups in total. The minimum atomic E-state index is -0.991. The maximum atomic E-state index is 12.3. The number of aryl methyl sites for hydroxylation is 1.